The quantitative estimate of drug-likeness (QED) is 0.734. The first kappa shape index (κ1) is 18.6. The van der Waals surface area contributed by atoms with Crippen LogP contribution in [-0.4, -0.2) is 48.8 Å². The molecule has 1 atom stereocenters. The first-order chi connectivity index (χ1) is 12.6. The summed E-state index contributed by atoms with van der Waals surface area (Å²) in [5.41, 5.74) is 1.18. The molecule has 2 aliphatic rings. The van der Waals surface area contributed by atoms with Gasteiger partial charge in [-0.2, -0.15) is 0 Å². The second-order valence-corrected chi connectivity index (χ2v) is 7.13. The van der Waals surface area contributed by atoms with Crippen LogP contribution in [-0.2, 0) is 0 Å². The number of fused-ring (bicyclic) bond motifs is 1. The number of nitrogens with zero attached hydrogens (tertiary/aromatic N) is 1. The maximum absolute atomic E-state index is 12.5. The van der Waals surface area contributed by atoms with Crippen molar-refractivity contribution >= 4 is 17.7 Å². The third-order valence-electron chi connectivity index (χ3n) is 5.21. The van der Waals surface area contributed by atoms with Crippen LogP contribution in [0.25, 0.3) is 0 Å². The second-order valence-electron chi connectivity index (χ2n) is 7.13. The Morgan fingerprint density at radius 1 is 1.27 bits per heavy atom. The molecule has 2 heterocycles. The van der Waals surface area contributed by atoms with E-state index in [0.717, 1.165) is 32.4 Å². The normalized spacial score (nSPS) is 19.6. The van der Waals surface area contributed by atoms with Gasteiger partial charge in [-0.1, -0.05) is 13.3 Å². The Bertz CT molecular complexity index is 696. The molecule has 3 rings (SSSR count). The Hall–Kier alpha value is -2.21. The van der Waals surface area contributed by atoms with Gasteiger partial charge in [0.25, 0.3) is 17.7 Å². The number of rotatable bonds is 7. The van der Waals surface area contributed by atoms with Gasteiger partial charge in [0.15, 0.2) is 0 Å². The van der Waals surface area contributed by atoms with Crippen LogP contribution in [0.5, 0.6) is 0 Å². The topological polar surface area (TPSA) is 78.5 Å². The number of benzene rings is 1. The summed E-state index contributed by atoms with van der Waals surface area (Å²) in [6.07, 6.45) is 5.04. The highest BCUT2D eigenvalue weighted by Crippen LogP contribution is 2.24. The monoisotopic (exact) mass is 357 g/mol. The van der Waals surface area contributed by atoms with Gasteiger partial charge in [0.05, 0.1) is 11.1 Å². The molecule has 1 aromatic rings. The predicted octanol–water partition coefficient (Wildman–Crippen LogP) is 2.20. The SMILES string of the molecule is CCCCN1C(=O)c2ccc(C(=O)NCCC3CCCNC3)cc2C1=O. The molecule has 140 valence electrons. The van der Waals surface area contributed by atoms with E-state index in [1.165, 1.54) is 17.7 Å². The molecule has 26 heavy (non-hydrogen) atoms. The third-order valence-corrected chi connectivity index (χ3v) is 5.21. The third kappa shape index (κ3) is 3.96. The van der Waals surface area contributed by atoms with Crippen LogP contribution >= 0.6 is 0 Å². The summed E-state index contributed by atoms with van der Waals surface area (Å²) in [4.78, 5) is 38.5. The highest BCUT2D eigenvalue weighted by atomic mass is 16.2. The van der Waals surface area contributed by atoms with Crippen LogP contribution < -0.4 is 10.6 Å². The Morgan fingerprint density at radius 3 is 2.81 bits per heavy atom. The largest absolute Gasteiger partial charge is 0.352 e. The summed E-state index contributed by atoms with van der Waals surface area (Å²) in [5.74, 6) is -0.129. The molecule has 2 aliphatic heterocycles. The van der Waals surface area contributed by atoms with E-state index in [4.69, 9.17) is 0 Å². The van der Waals surface area contributed by atoms with E-state index in [1.807, 2.05) is 6.92 Å². The van der Waals surface area contributed by atoms with Crippen molar-refractivity contribution < 1.29 is 14.4 Å². The summed E-state index contributed by atoms with van der Waals surface area (Å²) in [7, 11) is 0. The van der Waals surface area contributed by atoms with Crippen molar-refractivity contribution in [2.75, 3.05) is 26.2 Å². The van der Waals surface area contributed by atoms with Crippen molar-refractivity contribution in [2.24, 2.45) is 5.92 Å². The van der Waals surface area contributed by atoms with E-state index in [-0.39, 0.29) is 17.7 Å². The molecule has 0 saturated carbocycles. The number of unbranched alkanes of at least 4 members (excludes halogenated alkanes) is 1. The number of piperidine rings is 1. The molecule has 1 aromatic carbocycles. The lowest BCUT2D eigenvalue weighted by atomic mass is 9.96. The van der Waals surface area contributed by atoms with Crippen LogP contribution in [0.3, 0.4) is 0 Å². The van der Waals surface area contributed by atoms with Gasteiger partial charge >= 0.3 is 0 Å². The lowest BCUT2D eigenvalue weighted by Crippen LogP contribution is -2.33. The van der Waals surface area contributed by atoms with E-state index in [9.17, 15) is 14.4 Å². The van der Waals surface area contributed by atoms with Gasteiger partial charge in [0.1, 0.15) is 0 Å². The fourth-order valence-electron chi connectivity index (χ4n) is 3.61. The van der Waals surface area contributed by atoms with Gasteiger partial charge < -0.3 is 10.6 Å². The van der Waals surface area contributed by atoms with Gasteiger partial charge in [-0.25, -0.2) is 0 Å². The maximum atomic E-state index is 12.5. The zero-order valence-electron chi connectivity index (χ0n) is 15.3. The smallest absolute Gasteiger partial charge is 0.261 e. The zero-order chi connectivity index (χ0) is 18.5. The van der Waals surface area contributed by atoms with Gasteiger partial charge in [-0.05, 0) is 62.9 Å². The molecule has 3 amide bonds. The Balaban J connectivity index is 1.60. The van der Waals surface area contributed by atoms with Gasteiger partial charge in [-0.3, -0.25) is 19.3 Å². The molecule has 2 N–H and O–H groups in total. The second kappa shape index (κ2) is 8.45. The summed E-state index contributed by atoms with van der Waals surface area (Å²) in [5, 5.41) is 6.31. The molecular formula is C20H27N3O3. The summed E-state index contributed by atoms with van der Waals surface area (Å²) >= 11 is 0. The number of carbonyl (C=O) groups is 3. The number of nitrogens with one attached hydrogen (secondary N) is 2. The van der Waals surface area contributed by atoms with Crippen LogP contribution in [0.1, 0.15) is 70.1 Å². The molecule has 0 aliphatic carbocycles. The number of amides is 3. The molecule has 0 aromatic heterocycles. The van der Waals surface area contributed by atoms with E-state index in [0.29, 0.717) is 35.7 Å². The van der Waals surface area contributed by atoms with E-state index in [2.05, 4.69) is 10.6 Å². The molecule has 0 radical (unpaired) electrons. The molecule has 1 saturated heterocycles. The number of imide groups is 1. The van der Waals surface area contributed by atoms with Crippen molar-refractivity contribution in [3.8, 4) is 0 Å². The van der Waals surface area contributed by atoms with Crippen molar-refractivity contribution in [2.45, 2.75) is 39.0 Å². The van der Waals surface area contributed by atoms with Crippen LogP contribution in [0.15, 0.2) is 18.2 Å². The Morgan fingerprint density at radius 2 is 2.08 bits per heavy atom. The first-order valence-electron chi connectivity index (χ1n) is 9.61. The average Bonchev–Trinajstić information content (AvgIpc) is 2.91. The van der Waals surface area contributed by atoms with Crippen molar-refractivity contribution in [1.82, 2.24) is 15.5 Å². The van der Waals surface area contributed by atoms with Gasteiger partial charge in [0.2, 0.25) is 0 Å². The number of hydrogen-bond donors (Lipinski definition) is 2. The average molecular weight is 357 g/mol. The molecule has 0 bridgehead atoms. The molecule has 6 nitrogen and oxygen atoms in total. The fourth-order valence-corrected chi connectivity index (χ4v) is 3.61. The van der Waals surface area contributed by atoms with Crippen molar-refractivity contribution in [1.29, 1.82) is 0 Å². The van der Waals surface area contributed by atoms with Gasteiger partial charge in [-0.15, -0.1) is 0 Å². The van der Waals surface area contributed by atoms with Crippen molar-refractivity contribution in [3.63, 3.8) is 0 Å². The molecule has 1 fully saturated rings. The minimum atomic E-state index is -0.290. The van der Waals surface area contributed by atoms with E-state index < -0.39 is 0 Å². The fraction of sp³-hybridized carbons (Fsp3) is 0.550. The molecular weight excluding hydrogens is 330 g/mol. The molecule has 0 spiro atoms. The molecule has 1 unspecified atom stereocenters. The van der Waals surface area contributed by atoms with Crippen LogP contribution in [0.4, 0.5) is 0 Å². The minimum absolute atomic E-state index is 0.191. The summed E-state index contributed by atoms with van der Waals surface area (Å²) in [6.45, 7) is 5.17. The maximum Gasteiger partial charge on any atom is 0.261 e. The molecule has 6 heteroatoms. The lowest BCUT2D eigenvalue weighted by Gasteiger charge is -2.22. The first-order valence-corrected chi connectivity index (χ1v) is 9.61. The van der Waals surface area contributed by atoms with E-state index >= 15 is 0 Å². The van der Waals surface area contributed by atoms with Crippen LogP contribution in [0, 0.1) is 5.92 Å². The van der Waals surface area contributed by atoms with Crippen LogP contribution in [0.2, 0.25) is 0 Å². The highest BCUT2D eigenvalue weighted by Gasteiger charge is 2.35. The van der Waals surface area contributed by atoms with Gasteiger partial charge in [0, 0.05) is 18.7 Å². The number of carbonyl (C=O) groups excluding carboxylic acids is 3. The number of hydrogen-bond acceptors (Lipinski definition) is 4. The highest BCUT2D eigenvalue weighted by molar-refractivity contribution is 6.22. The van der Waals surface area contributed by atoms with Crippen molar-refractivity contribution in [3.05, 3.63) is 34.9 Å². The predicted molar refractivity (Wildman–Crippen MR) is 99.3 cm³/mol. The minimum Gasteiger partial charge on any atom is -0.352 e. The zero-order valence-corrected chi connectivity index (χ0v) is 15.3. The lowest BCUT2D eigenvalue weighted by molar-refractivity contribution is 0.0652. The van der Waals surface area contributed by atoms with E-state index in [1.54, 1.807) is 18.2 Å². The Labute approximate surface area is 154 Å². The summed E-state index contributed by atoms with van der Waals surface area (Å²) < 4.78 is 0. The summed E-state index contributed by atoms with van der Waals surface area (Å²) in [6, 6.07) is 4.78. The Kier molecular flexibility index (Phi) is 6.04. The standard InChI is InChI=1S/C20H27N3O3/c1-2-3-11-23-19(25)16-7-6-15(12-17(16)20(23)26)18(24)22-10-8-14-5-4-9-21-13-14/h6-7,12,14,21H,2-5,8-11,13H2,1H3,(H,22,24).